The van der Waals surface area contributed by atoms with Gasteiger partial charge >= 0.3 is 12.3 Å². The molecule has 2 aliphatic rings. The predicted molar refractivity (Wildman–Crippen MR) is 220 cm³/mol. The Hall–Kier alpha value is -3.46. The van der Waals surface area contributed by atoms with E-state index in [1.54, 1.807) is 55.8 Å². The van der Waals surface area contributed by atoms with E-state index in [4.69, 9.17) is 21.1 Å². The highest BCUT2D eigenvalue weighted by Crippen LogP contribution is 2.73. The summed E-state index contributed by atoms with van der Waals surface area (Å²) in [6.45, 7) is 11.2. The topological polar surface area (TPSA) is 124 Å². The van der Waals surface area contributed by atoms with Crippen LogP contribution in [0, 0.1) is 11.3 Å². The summed E-state index contributed by atoms with van der Waals surface area (Å²) in [5.74, 6) is 1.15. The van der Waals surface area contributed by atoms with Crippen LogP contribution in [0.15, 0.2) is 47.6 Å². The average molecular weight is 800 g/mol. The first-order valence-corrected chi connectivity index (χ1v) is 19.8. The van der Waals surface area contributed by atoms with Gasteiger partial charge in [0.1, 0.15) is 37.3 Å². The molecule has 1 saturated heterocycles. The molecule has 1 atom stereocenters. The van der Waals surface area contributed by atoms with Gasteiger partial charge in [0, 0.05) is 42.8 Å². The molecule has 3 aromatic heterocycles. The van der Waals surface area contributed by atoms with Gasteiger partial charge in [-0.1, -0.05) is 28.1 Å². The fraction of sp³-hybridized carbons (Fsp3) is 0.571. The second-order valence-corrected chi connectivity index (χ2v) is 18.6. The molecule has 0 radical (unpaired) electrons. The molecule has 4 heterocycles. The molecule has 5 rings (SSSR count). The van der Waals surface area contributed by atoms with Gasteiger partial charge in [-0.2, -0.15) is 13.2 Å². The smallest absolute Gasteiger partial charge is 0.410 e. The molecule has 2 amide bonds. The number of rotatable bonds is 14. The number of hydrogen-bond donors (Lipinski definition) is 2. The highest BCUT2D eigenvalue weighted by molar-refractivity contribution is 7.97. The Labute approximate surface area is 334 Å². The Morgan fingerprint density at radius 3 is 2.40 bits per heavy atom. The molecule has 20 heteroatoms. The second-order valence-electron chi connectivity index (χ2n) is 17.4. The normalized spacial score (nSPS) is 18.1. The van der Waals surface area contributed by atoms with Crippen LogP contribution >= 0.6 is 23.5 Å². The van der Waals surface area contributed by atoms with E-state index in [0.29, 0.717) is 35.7 Å². The third kappa shape index (κ3) is 9.75. The highest BCUT2D eigenvalue weighted by atomic mass is 35.5. The van der Waals surface area contributed by atoms with Gasteiger partial charge in [-0.15, -0.1) is 5.10 Å². The average Bonchev–Trinajstić information content (AvgIpc) is 3.70. The van der Waals surface area contributed by atoms with Crippen LogP contribution in [0.1, 0.15) is 77.1 Å². The minimum absolute atomic E-state index is 0.0321. The standard InChI is InChI=1S/C35H49B4ClF3N7O4S/c1-30(2,3)54-29(52)49-19-21(18-31(49,4)5)8-7-16-44-23-9-6-10-26(45-23)55-48-28(51)22-11-12-24(46-27(22)40)50-17-13-25(47-50)53-20-33(36,37)34(38,39)32(14-15-32)35(41,42)43/h6,9-13,17,21H,7-8,14-16,18-20,36-39H2,1-5H3,(H,44,45)(H,48,51)/t21-/m0/s1. The quantitative estimate of drug-likeness (QED) is 0.105. The van der Waals surface area contributed by atoms with Crippen molar-refractivity contribution >= 4 is 72.8 Å². The third-order valence-corrected chi connectivity index (χ3v) is 12.3. The van der Waals surface area contributed by atoms with E-state index in [1.807, 2.05) is 37.8 Å². The number of carbonyl (C=O) groups is 2. The molecule has 0 unspecified atom stereocenters. The number of amides is 2. The first kappa shape index (κ1) is 42.7. The number of anilines is 1. The zero-order valence-electron chi connectivity index (χ0n) is 33.1. The van der Waals surface area contributed by atoms with E-state index in [0.717, 1.165) is 31.2 Å². The molecule has 1 aliphatic heterocycles. The van der Waals surface area contributed by atoms with Crippen molar-refractivity contribution in [3.05, 3.63) is 53.3 Å². The first-order chi connectivity index (χ1) is 25.4. The largest absolute Gasteiger partial charge is 0.478 e. The summed E-state index contributed by atoms with van der Waals surface area (Å²) >= 11 is 7.48. The summed E-state index contributed by atoms with van der Waals surface area (Å²) in [7, 11) is 6.89. The SMILES string of the molecule is BC(B)(COc1ccn(-c2ccc(C(=O)NSc3cccc(NCCC[C@@H]4CN(C(=O)OC(C)(C)C)C(C)(C)C4)n3)c(Cl)n2)n1)C(B)(B)C1(C(F)(F)F)CC1. The molecule has 1 saturated carbocycles. The van der Waals surface area contributed by atoms with Crippen molar-refractivity contribution in [3.63, 3.8) is 0 Å². The van der Waals surface area contributed by atoms with Gasteiger partial charge in [0.05, 0.1) is 33.3 Å². The number of nitrogens with one attached hydrogen (secondary N) is 2. The molecular weight excluding hydrogens is 750 g/mol. The van der Waals surface area contributed by atoms with Crippen molar-refractivity contribution in [1.82, 2.24) is 29.4 Å². The lowest BCUT2D eigenvalue weighted by Gasteiger charge is -2.48. The second kappa shape index (κ2) is 15.8. The van der Waals surface area contributed by atoms with Gasteiger partial charge in [-0.05, 0) is 96.9 Å². The van der Waals surface area contributed by atoms with Gasteiger partial charge in [0.25, 0.3) is 5.91 Å². The maximum absolute atomic E-state index is 14.0. The van der Waals surface area contributed by atoms with E-state index in [-0.39, 0.29) is 47.7 Å². The summed E-state index contributed by atoms with van der Waals surface area (Å²) in [5, 5.41) is 6.39. The summed E-state index contributed by atoms with van der Waals surface area (Å²) in [6.07, 6.45) is 0.0390. The molecule has 2 fully saturated rings. The molecule has 1 aliphatic carbocycles. The Morgan fingerprint density at radius 2 is 1.76 bits per heavy atom. The third-order valence-electron chi connectivity index (χ3n) is 11.3. The molecule has 11 nitrogen and oxygen atoms in total. The van der Waals surface area contributed by atoms with Crippen LogP contribution < -0.4 is 14.8 Å². The van der Waals surface area contributed by atoms with Gasteiger partial charge in [-0.25, -0.2) is 19.4 Å². The van der Waals surface area contributed by atoms with Crippen LogP contribution in [-0.4, -0.2) is 105 Å². The minimum atomic E-state index is -4.28. The number of carbonyl (C=O) groups excluding carboxylic acids is 2. The van der Waals surface area contributed by atoms with Gasteiger partial charge in [0.15, 0.2) is 5.82 Å². The molecule has 2 N–H and O–H groups in total. The summed E-state index contributed by atoms with van der Waals surface area (Å²) in [6, 6.07) is 10.2. The Kier molecular flexibility index (Phi) is 12.3. The number of likely N-dealkylation sites (tertiary alicyclic amines) is 1. The Balaban J connectivity index is 1.08. The van der Waals surface area contributed by atoms with E-state index in [9.17, 15) is 22.8 Å². The highest BCUT2D eigenvalue weighted by Gasteiger charge is 2.72. The maximum Gasteiger partial charge on any atom is 0.410 e. The number of halogens is 4. The van der Waals surface area contributed by atoms with Crippen LogP contribution in [0.4, 0.5) is 23.8 Å². The van der Waals surface area contributed by atoms with Crippen molar-refractivity contribution in [2.24, 2.45) is 11.3 Å². The number of hydrogen-bond acceptors (Lipinski definition) is 9. The molecule has 0 aromatic carbocycles. The molecule has 55 heavy (non-hydrogen) atoms. The summed E-state index contributed by atoms with van der Waals surface area (Å²) < 4.78 is 57.6. The van der Waals surface area contributed by atoms with E-state index in [1.165, 1.54) is 10.7 Å². The van der Waals surface area contributed by atoms with Crippen molar-refractivity contribution in [1.29, 1.82) is 0 Å². The zero-order valence-corrected chi connectivity index (χ0v) is 34.6. The molecule has 0 spiro atoms. The summed E-state index contributed by atoms with van der Waals surface area (Å²) in [5.41, 5.74) is -2.37. The predicted octanol–water partition coefficient (Wildman–Crippen LogP) is 4.47. The lowest BCUT2D eigenvalue weighted by molar-refractivity contribution is -0.193. The van der Waals surface area contributed by atoms with Crippen LogP contribution in [0.25, 0.3) is 5.82 Å². The van der Waals surface area contributed by atoms with Crippen molar-refractivity contribution in [3.8, 4) is 11.7 Å². The monoisotopic (exact) mass is 799 g/mol. The van der Waals surface area contributed by atoms with Crippen LogP contribution in [-0.2, 0) is 4.74 Å². The fourth-order valence-corrected chi connectivity index (χ4v) is 8.09. The van der Waals surface area contributed by atoms with Crippen molar-refractivity contribution in [2.75, 3.05) is 25.0 Å². The molecular formula is C35H49B4ClF3N7O4S. The Morgan fingerprint density at radius 1 is 1.05 bits per heavy atom. The van der Waals surface area contributed by atoms with E-state index in [2.05, 4.69) is 39.0 Å². The Bertz CT molecular complexity index is 1880. The molecule has 294 valence electrons. The lowest BCUT2D eigenvalue weighted by atomic mass is 9.26. The number of alkyl halides is 3. The zero-order chi connectivity index (χ0) is 40.6. The van der Waals surface area contributed by atoms with E-state index < -0.39 is 33.5 Å². The van der Waals surface area contributed by atoms with Gasteiger partial charge < -0.3 is 19.7 Å². The maximum atomic E-state index is 14.0. The summed E-state index contributed by atoms with van der Waals surface area (Å²) in [4.78, 5) is 36.6. The number of nitrogens with zero attached hydrogens (tertiary/aromatic N) is 5. The first-order valence-electron chi connectivity index (χ1n) is 18.6. The fourth-order valence-electron chi connectivity index (χ4n) is 7.25. The van der Waals surface area contributed by atoms with Gasteiger partial charge in [-0.3, -0.25) is 9.52 Å². The minimum Gasteiger partial charge on any atom is -0.478 e. The van der Waals surface area contributed by atoms with Crippen LogP contribution in [0.5, 0.6) is 5.88 Å². The number of ether oxygens (including phenoxy) is 2. The van der Waals surface area contributed by atoms with Crippen molar-refractivity contribution < 1.29 is 32.2 Å². The molecule has 0 bridgehead atoms. The van der Waals surface area contributed by atoms with Crippen LogP contribution in [0.3, 0.4) is 0 Å². The number of aromatic nitrogens is 4. The number of pyridine rings is 2. The lowest BCUT2D eigenvalue weighted by Crippen LogP contribution is -2.48. The molecule has 3 aromatic rings. The van der Waals surface area contributed by atoms with Crippen molar-refractivity contribution in [2.45, 2.75) is 99.5 Å². The van der Waals surface area contributed by atoms with Crippen LogP contribution in [0.2, 0.25) is 15.6 Å². The van der Waals surface area contributed by atoms with Gasteiger partial charge in [0.2, 0.25) is 5.88 Å². The van der Waals surface area contributed by atoms with E-state index >= 15 is 0 Å².